The van der Waals surface area contributed by atoms with Gasteiger partial charge in [0.1, 0.15) is 0 Å². The highest BCUT2D eigenvalue weighted by Crippen LogP contribution is 2.23. The molecule has 4 nitrogen and oxygen atoms in total. The van der Waals surface area contributed by atoms with E-state index in [0.717, 1.165) is 12.8 Å². The minimum Gasteiger partial charge on any atom is -0.351 e. The molecule has 2 amide bonds. The van der Waals surface area contributed by atoms with Crippen LogP contribution in [-0.4, -0.2) is 22.9 Å². The Morgan fingerprint density at radius 2 is 1.67 bits per heavy atom. The number of amides is 2. The molecule has 18 heavy (non-hydrogen) atoms. The first kappa shape index (κ1) is 14.7. The first-order valence-corrected chi connectivity index (χ1v) is 6.35. The first-order chi connectivity index (χ1) is 8.02. The minimum atomic E-state index is -0.0613. The summed E-state index contributed by atoms with van der Waals surface area (Å²) in [4.78, 5) is 21.7. The zero-order valence-corrected chi connectivity index (χ0v) is 12.0. The SMILES string of the molecule is C=C1CC(C)(C)NC1=O.C[C@H]1CC(C)(C)NC1=O. The topological polar surface area (TPSA) is 58.2 Å². The van der Waals surface area contributed by atoms with Crippen LogP contribution < -0.4 is 10.6 Å². The summed E-state index contributed by atoms with van der Waals surface area (Å²) in [5, 5.41) is 5.71. The number of hydrogen-bond acceptors (Lipinski definition) is 2. The van der Waals surface area contributed by atoms with Gasteiger partial charge in [0.2, 0.25) is 11.8 Å². The Morgan fingerprint density at radius 3 is 1.78 bits per heavy atom. The predicted octanol–water partition coefficient (Wildman–Crippen LogP) is 1.76. The highest BCUT2D eigenvalue weighted by atomic mass is 16.2. The Kier molecular flexibility index (Phi) is 3.89. The maximum Gasteiger partial charge on any atom is 0.247 e. The molecule has 2 N–H and O–H groups in total. The lowest BCUT2D eigenvalue weighted by Crippen LogP contribution is -2.34. The third-order valence-electron chi connectivity index (χ3n) is 3.15. The molecular formula is C14H24N2O2. The van der Waals surface area contributed by atoms with Gasteiger partial charge in [-0.05, 0) is 40.5 Å². The highest BCUT2D eigenvalue weighted by molar-refractivity contribution is 5.96. The lowest BCUT2D eigenvalue weighted by molar-refractivity contribution is -0.122. The molecule has 2 rings (SSSR count). The van der Waals surface area contributed by atoms with Gasteiger partial charge in [-0.3, -0.25) is 9.59 Å². The second-order valence-electron chi connectivity index (χ2n) is 6.60. The molecule has 2 saturated heterocycles. The van der Waals surface area contributed by atoms with E-state index in [-0.39, 0.29) is 28.8 Å². The fraction of sp³-hybridized carbons (Fsp3) is 0.714. The Morgan fingerprint density at radius 1 is 1.11 bits per heavy atom. The molecule has 0 unspecified atom stereocenters. The van der Waals surface area contributed by atoms with Crippen LogP contribution >= 0.6 is 0 Å². The van der Waals surface area contributed by atoms with Gasteiger partial charge in [0.25, 0.3) is 0 Å². The van der Waals surface area contributed by atoms with Gasteiger partial charge in [-0.15, -0.1) is 0 Å². The van der Waals surface area contributed by atoms with E-state index in [4.69, 9.17) is 0 Å². The van der Waals surface area contributed by atoms with Crippen molar-refractivity contribution in [3.05, 3.63) is 12.2 Å². The maximum atomic E-state index is 10.9. The van der Waals surface area contributed by atoms with E-state index in [1.54, 1.807) is 0 Å². The molecule has 0 saturated carbocycles. The fourth-order valence-corrected chi connectivity index (χ4v) is 2.42. The van der Waals surface area contributed by atoms with Crippen molar-refractivity contribution in [1.29, 1.82) is 0 Å². The summed E-state index contributed by atoms with van der Waals surface area (Å²) in [7, 11) is 0. The molecule has 0 radical (unpaired) electrons. The summed E-state index contributed by atoms with van der Waals surface area (Å²) >= 11 is 0. The van der Waals surface area contributed by atoms with Crippen molar-refractivity contribution in [2.75, 3.05) is 0 Å². The van der Waals surface area contributed by atoms with E-state index in [2.05, 4.69) is 31.1 Å². The van der Waals surface area contributed by atoms with Crippen LogP contribution in [0.25, 0.3) is 0 Å². The zero-order chi connectivity index (χ0) is 14.1. The van der Waals surface area contributed by atoms with Crippen molar-refractivity contribution in [1.82, 2.24) is 10.6 Å². The van der Waals surface area contributed by atoms with Crippen molar-refractivity contribution in [3.8, 4) is 0 Å². The molecule has 0 bridgehead atoms. The van der Waals surface area contributed by atoms with Gasteiger partial charge < -0.3 is 10.6 Å². The summed E-state index contributed by atoms with van der Waals surface area (Å²) in [6.07, 6.45) is 1.73. The van der Waals surface area contributed by atoms with E-state index >= 15 is 0 Å². The van der Waals surface area contributed by atoms with E-state index < -0.39 is 0 Å². The fourth-order valence-electron chi connectivity index (χ4n) is 2.42. The highest BCUT2D eigenvalue weighted by Gasteiger charge is 2.33. The molecule has 0 aromatic heterocycles. The molecule has 0 aliphatic carbocycles. The number of carbonyl (C=O) groups excluding carboxylic acids is 2. The molecule has 2 fully saturated rings. The standard InChI is InChI=1S/C7H13NO.C7H11NO/c2*1-5-4-7(2,3)8-6(5)9/h5H,4H2,1-3H3,(H,8,9);1,4H2,2-3H3,(H,8,9)/t5-;/m0./s1. The third-order valence-corrected chi connectivity index (χ3v) is 3.15. The Bertz CT molecular complexity index is 365. The van der Waals surface area contributed by atoms with Crippen molar-refractivity contribution in [2.24, 2.45) is 5.92 Å². The molecule has 102 valence electrons. The smallest absolute Gasteiger partial charge is 0.247 e. The zero-order valence-electron chi connectivity index (χ0n) is 12.0. The normalized spacial score (nSPS) is 28.3. The molecule has 2 heterocycles. The van der Waals surface area contributed by atoms with Crippen LogP contribution in [0.15, 0.2) is 12.2 Å². The van der Waals surface area contributed by atoms with E-state index in [9.17, 15) is 9.59 Å². The van der Waals surface area contributed by atoms with Crippen LogP contribution in [0.5, 0.6) is 0 Å². The summed E-state index contributed by atoms with van der Waals surface area (Å²) in [6, 6.07) is 0. The van der Waals surface area contributed by atoms with Crippen LogP contribution in [0.4, 0.5) is 0 Å². The predicted molar refractivity (Wildman–Crippen MR) is 72.0 cm³/mol. The quantitative estimate of drug-likeness (QED) is 0.645. The Labute approximate surface area is 109 Å². The maximum absolute atomic E-state index is 10.9. The summed E-state index contributed by atoms with van der Waals surface area (Å²) < 4.78 is 0. The molecule has 2 aliphatic heterocycles. The second-order valence-corrected chi connectivity index (χ2v) is 6.60. The molecule has 0 aromatic rings. The lowest BCUT2D eigenvalue weighted by Gasteiger charge is -2.15. The van der Waals surface area contributed by atoms with Crippen LogP contribution in [-0.2, 0) is 9.59 Å². The van der Waals surface area contributed by atoms with Crippen LogP contribution in [0.1, 0.15) is 47.5 Å². The van der Waals surface area contributed by atoms with Gasteiger partial charge in [0.15, 0.2) is 0 Å². The Balaban J connectivity index is 0.000000180. The average molecular weight is 252 g/mol. The largest absolute Gasteiger partial charge is 0.351 e. The van der Waals surface area contributed by atoms with E-state index in [1.807, 2.05) is 20.8 Å². The second kappa shape index (κ2) is 4.75. The van der Waals surface area contributed by atoms with Crippen LogP contribution in [0.3, 0.4) is 0 Å². The van der Waals surface area contributed by atoms with Gasteiger partial charge in [0, 0.05) is 22.6 Å². The number of rotatable bonds is 0. The number of hydrogen-bond donors (Lipinski definition) is 2. The first-order valence-electron chi connectivity index (χ1n) is 6.35. The molecular weight excluding hydrogens is 228 g/mol. The number of nitrogens with one attached hydrogen (secondary N) is 2. The monoisotopic (exact) mass is 252 g/mol. The summed E-state index contributed by atoms with van der Waals surface area (Å²) in [5.74, 6) is 0.403. The average Bonchev–Trinajstić information content (AvgIpc) is 2.49. The minimum absolute atomic E-state index is 0.000000000000000222. The summed E-state index contributed by atoms with van der Waals surface area (Å²) in [5.41, 5.74) is 0.671. The lowest BCUT2D eigenvalue weighted by atomic mass is 9.98. The van der Waals surface area contributed by atoms with E-state index in [0.29, 0.717) is 5.57 Å². The van der Waals surface area contributed by atoms with Gasteiger partial charge >= 0.3 is 0 Å². The van der Waals surface area contributed by atoms with Gasteiger partial charge in [-0.2, -0.15) is 0 Å². The van der Waals surface area contributed by atoms with Gasteiger partial charge in [-0.25, -0.2) is 0 Å². The van der Waals surface area contributed by atoms with E-state index in [1.165, 1.54) is 0 Å². The van der Waals surface area contributed by atoms with Crippen LogP contribution in [0, 0.1) is 5.92 Å². The summed E-state index contributed by atoms with van der Waals surface area (Å²) in [6.45, 7) is 13.7. The van der Waals surface area contributed by atoms with Gasteiger partial charge in [0.05, 0.1) is 0 Å². The third kappa shape index (κ3) is 3.86. The molecule has 1 atom stereocenters. The van der Waals surface area contributed by atoms with Gasteiger partial charge in [-0.1, -0.05) is 13.5 Å². The number of carbonyl (C=O) groups is 2. The van der Waals surface area contributed by atoms with Crippen molar-refractivity contribution in [3.63, 3.8) is 0 Å². The van der Waals surface area contributed by atoms with Crippen molar-refractivity contribution < 1.29 is 9.59 Å². The Hall–Kier alpha value is -1.32. The molecule has 0 aromatic carbocycles. The van der Waals surface area contributed by atoms with Crippen LogP contribution in [0.2, 0.25) is 0 Å². The molecule has 0 spiro atoms. The van der Waals surface area contributed by atoms with Crippen molar-refractivity contribution >= 4 is 11.8 Å². The molecule has 2 aliphatic rings. The van der Waals surface area contributed by atoms with Crippen molar-refractivity contribution in [2.45, 2.75) is 58.5 Å². The molecule has 4 heteroatoms.